The van der Waals surface area contributed by atoms with E-state index >= 15 is 0 Å². The lowest BCUT2D eigenvalue weighted by atomic mass is 10.2. The number of phenolic OH excluding ortho intramolecular Hbond substituents is 1. The van der Waals surface area contributed by atoms with E-state index in [0.29, 0.717) is 0 Å². The minimum atomic E-state index is 0.278. The summed E-state index contributed by atoms with van der Waals surface area (Å²) in [4.78, 5) is 2.07. The maximum absolute atomic E-state index is 9.32. The second-order valence-corrected chi connectivity index (χ2v) is 3.00. The average Bonchev–Trinajstić information content (AvgIpc) is 2.17. The number of aromatic hydroxyl groups is 1. The minimum absolute atomic E-state index is 0.278. The van der Waals surface area contributed by atoms with E-state index in [4.69, 9.17) is 0 Å². The van der Waals surface area contributed by atoms with Gasteiger partial charge < -0.3 is 10.0 Å². The molecule has 0 aromatic heterocycles. The van der Waals surface area contributed by atoms with Gasteiger partial charge >= 0.3 is 0 Å². The number of nitrogens with zero attached hydrogens (tertiary/aromatic N) is 1. The topological polar surface area (TPSA) is 23.5 Å². The summed E-state index contributed by atoms with van der Waals surface area (Å²) in [5, 5.41) is 9.32. The van der Waals surface area contributed by atoms with Gasteiger partial charge in [0.25, 0.3) is 0 Å². The molecule has 0 heterocycles. The summed E-state index contributed by atoms with van der Waals surface area (Å²) in [6, 6.07) is 7.16. The summed E-state index contributed by atoms with van der Waals surface area (Å²) in [6.45, 7) is 8.88. The van der Waals surface area contributed by atoms with Crippen molar-refractivity contribution >= 4 is 5.69 Å². The van der Waals surface area contributed by atoms with Gasteiger partial charge in [0.2, 0.25) is 0 Å². The van der Waals surface area contributed by atoms with Crippen molar-refractivity contribution in [2.24, 2.45) is 0 Å². The van der Waals surface area contributed by atoms with Crippen molar-refractivity contribution in [2.75, 3.05) is 18.0 Å². The van der Waals surface area contributed by atoms with Crippen LogP contribution in [0.2, 0.25) is 0 Å². The molecule has 0 unspecified atom stereocenters. The van der Waals surface area contributed by atoms with Crippen molar-refractivity contribution in [3.63, 3.8) is 0 Å². The summed E-state index contributed by atoms with van der Waals surface area (Å²) in [5.74, 6) is 0.278. The Hall–Kier alpha value is -1.70. The van der Waals surface area contributed by atoms with E-state index in [1.165, 1.54) is 0 Å². The lowest BCUT2D eigenvalue weighted by Crippen LogP contribution is -2.22. The van der Waals surface area contributed by atoms with Crippen LogP contribution in [0.5, 0.6) is 5.75 Å². The molecule has 0 atom stereocenters. The number of phenols is 1. The molecule has 0 fully saturated rings. The van der Waals surface area contributed by atoms with Crippen molar-refractivity contribution in [3.05, 3.63) is 49.6 Å². The zero-order valence-electron chi connectivity index (χ0n) is 8.19. The largest absolute Gasteiger partial charge is 0.508 e. The van der Waals surface area contributed by atoms with Gasteiger partial charge in [0.15, 0.2) is 0 Å². The van der Waals surface area contributed by atoms with Gasteiger partial charge in [0, 0.05) is 24.8 Å². The van der Waals surface area contributed by atoms with E-state index in [1.54, 1.807) is 12.1 Å². The maximum Gasteiger partial charge on any atom is 0.117 e. The number of hydrogen-bond donors (Lipinski definition) is 1. The number of anilines is 1. The molecule has 1 aromatic rings. The van der Waals surface area contributed by atoms with Crippen molar-refractivity contribution in [1.82, 2.24) is 0 Å². The monoisotopic (exact) mass is 189 g/mol. The SMILES string of the molecule is C=CCN(CC=C)c1cccc(O)c1. The van der Waals surface area contributed by atoms with Crippen LogP contribution in [0.15, 0.2) is 49.6 Å². The molecule has 0 aliphatic rings. The molecular formula is C12H15NO. The molecule has 1 N–H and O–H groups in total. The van der Waals surface area contributed by atoms with Crippen LogP contribution in [0.3, 0.4) is 0 Å². The van der Waals surface area contributed by atoms with Crippen molar-refractivity contribution < 1.29 is 5.11 Å². The van der Waals surface area contributed by atoms with Gasteiger partial charge in [-0.1, -0.05) is 18.2 Å². The van der Waals surface area contributed by atoms with Gasteiger partial charge in [-0.2, -0.15) is 0 Å². The molecule has 74 valence electrons. The fraction of sp³-hybridized carbons (Fsp3) is 0.167. The Morgan fingerprint density at radius 1 is 1.21 bits per heavy atom. The van der Waals surface area contributed by atoms with E-state index in [1.807, 2.05) is 24.3 Å². The third-order valence-electron chi connectivity index (χ3n) is 1.89. The summed E-state index contributed by atoms with van der Waals surface area (Å²) >= 11 is 0. The van der Waals surface area contributed by atoms with Gasteiger partial charge in [0.05, 0.1) is 0 Å². The van der Waals surface area contributed by atoms with Gasteiger partial charge in [-0.05, 0) is 12.1 Å². The fourth-order valence-electron chi connectivity index (χ4n) is 1.29. The van der Waals surface area contributed by atoms with Gasteiger partial charge in [0.1, 0.15) is 5.75 Å². The zero-order valence-corrected chi connectivity index (χ0v) is 8.19. The first-order valence-electron chi connectivity index (χ1n) is 4.53. The van der Waals surface area contributed by atoms with Crippen LogP contribution in [-0.2, 0) is 0 Å². The fourth-order valence-corrected chi connectivity index (χ4v) is 1.29. The van der Waals surface area contributed by atoms with E-state index in [2.05, 4.69) is 18.1 Å². The summed E-state index contributed by atoms with van der Waals surface area (Å²) < 4.78 is 0. The molecule has 14 heavy (non-hydrogen) atoms. The number of rotatable bonds is 5. The van der Waals surface area contributed by atoms with E-state index in [9.17, 15) is 5.11 Å². The molecule has 1 rings (SSSR count). The third kappa shape index (κ3) is 2.66. The Labute approximate surface area is 84.8 Å². The van der Waals surface area contributed by atoms with E-state index < -0.39 is 0 Å². The van der Waals surface area contributed by atoms with Crippen molar-refractivity contribution in [3.8, 4) is 5.75 Å². The van der Waals surface area contributed by atoms with Crippen molar-refractivity contribution in [1.29, 1.82) is 0 Å². The normalized spacial score (nSPS) is 9.43. The summed E-state index contributed by atoms with van der Waals surface area (Å²) in [7, 11) is 0. The number of benzene rings is 1. The summed E-state index contributed by atoms with van der Waals surface area (Å²) in [5.41, 5.74) is 0.977. The Kier molecular flexibility index (Phi) is 3.80. The van der Waals surface area contributed by atoms with Gasteiger partial charge in [-0.25, -0.2) is 0 Å². The first-order chi connectivity index (χ1) is 6.77. The Bertz CT molecular complexity index is 310. The highest BCUT2D eigenvalue weighted by atomic mass is 16.3. The van der Waals surface area contributed by atoms with Crippen LogP contribution in [0.25, 0.3) is 0 Å². The quantitative estimate of drug-likeness (QED) is 0.719. The highest BCUT2D eigenvalue weighted by Gasteiger charge is 2.02. The lowest BCUT2D eigenvalue weighted by Gasteiger charge is -2.21. The van der Waals surface area contributed by atoms with Crippen LogP contribution in [0.4, 0.5) is 5.69 Å². The van der Waals surface area contributed by atoms with Crippen LogP contribution < -0.4 is 4.90 Å². The van der Waals surface area contributed by atoms with Crippen LogP contribution in [0.1, 0.15) is 0 Å². The molecule has 1 aromatic carbocycles. The molecule has 0 aliphatic heterocycles. The maximum atomic E-state index is 9.32. The summed E-state index contributed by atoms with van der Waals surface area (Å²) in [6.07, 6.45) is 3.65. The molecule has 0 saturated heterocycles. The molecule has 0 aliphatic carbocycles. The first kappa shape index (κ1) is 10.4. The zero-order chi connectivity index (χ0) is 10.4. The molecule has 2 nitrogen and oxygen atoms in total. The van der Waals surface area contributed by atoms with Crippen LogP contribution in [0, 0.1) is 0 Å². The first-order valence-corrected chi connectivity index (χ1v) is 4.53. The van der Waals surface area contributed by atoms with E-state index in [-0.39, 0.29) is 5.75 Å². The minimum Gasteiger partial charge on any atom is -0.508 e. The standard InChI is InChI=1S/C12H15NO/c1-3-8-13(9-4-2)11-6-5-7-12(14)10-11/h3-7,10,14H,1-2,8-9H2. The predicted molar refractivity (Wildman–Crippen MR) is 60.7 cm³/mol. The van der Waals surface area contributed by atoms with Crippen LogP contribution in [-0.4, -0.2) is 18.2 Å². The Morgan fingerprint density at radius 3 is 2.36 bits per heavy atom. The molecule has 0 amide bonds. The molecule has 0 saturated carbocycles. The Balaban J connectivity index is 2.85. The van der Waals surface area contributed by atoms with Gasteiger partial charge in [-0.3, -0.25) is 0 Å². The molecule has 2 heteroatoms. The second kappa shape index (κ2) is 5.12. The Morgan fingerprint density at radius 2 is 1.86 bits per heavy atom. The molecular weight excluding hydrogens is 174 g/mol. The van der Waals surface area contributed by atoms with Crippen LogP contribution >= 0.6 is 0 Å². The smallest absolute Gasteiger partial charge is 0.117 e. The average molecular weight is 189 g/mol. The van der Waals surface area contributed by atoms with Crippen molar-refractivity contribution in [2.45, 2.75) is 0 Å². The molecule has 0 radical (unpaired) electrons. The number of hydrogen-bond acceptors (Lipinski definition) is 2. The molecule has 0 bridgehead atoms. The third-order valence-corrected chi connectivity index (χ3v) is 1.89. The van der Waals surface area contributed by atoms with E-state index in [0.717, 1.165) is 18.8 Å². The predicted octanol–water partition coefficient (Wildman–Crippen LogP) is 2.57. The highest BCUT2D eigenvalue weighted by molar-refractivity contribution is 5.51. The molecule has 0 spiro atoms. The van der Waals surface area contributed by atoms with Gasteiger partial charge in [-0.15, -0.1) is 13.2 Å². The highest BCUT2D eigenvalue weighted by Crippen LogP contribution is 2.19. The second-order valence-electron chi connectivity index (χ2n) is 3.00. The lowest BCUT2D eigenvalue weighted by molar-refractivity contribution is 0.475.